The van der Waals surface area contributed by atoms with E-state index >= 15 is 0 Å². The van der Waals surface area contributed by atoms with Crippen molar-refractivity contribution in [3.8, 4) is 17.0 Å². The maximum Gasteiger partial charge on any atom is 0.248 e. The van der Waals surface area contributed by atoms with Gasteiger partial charge in [-0.2, -0.15) is 0 Å². The predicted octanol–water partition coefficient (Wildman–Crippen LogP) is 2.50. The van der Waals surface area contributed by atoms with Gasteiger partial charge in [-0.05, 0) is 25.0 Å². The molecule has 0 N–H and O–H groups in total. The largest absolute Gasteiger partial charge is 0.497 e. The minimum atomic E-state index is 0.0269. The molecule has 1 aliphatic heterocycles. The van der Waals surface area contributed by atoms with Crippen LogP contribution in [0.5, 0.6) is 5.75 Å². The third-order valence-electron chi connectivity index (χ3n) is 4.50. The van der Waals surface area contributed by atoms with Gasteiger partial charge in [0.15, 0.2) is 0 Å². The lowest BCUT2D eigenvalue weighted by atomic mass is 9.91. The molecule has 6 nitrogen and oxygen atoms in total. The highest BCUT2D eigenvalue weighted by Gasteiger charge is 2.27. The number of nitrogens with zero attached hydrogens (tertiary/aromatic N) is 3. The maximum absolute atomic E-state index is 12.2. The molecule has 0 aliphatic carbocycles. The molecule has 1 unspecified atom stereocenters. The molecule has 1 aromatic carbocycles. The molecule has 0 spiro atoms. The van der Waals surface area contributed by atoms with Crippen molar-refractivity contribution in [2.24, 2.45) is 0 Å². The number of hydrogen-bond acceptors (Lipinski definition) is 5. The normalized spacial score (nSPS) is 17.4. The van der Waals surface area contributed by atoms with E-state index < -0.39 is 0 Å². The van der Waals surface area contributed by atoms with E-state index in [0.29, 0.717) is 6.54 Å². The molecular formula is C19H23N3O3. The second kappa shape index (κ2) is 8.07. The summed E-state index contributed by atoms with van der Waals surface area (Å²) in [4.78, 5) is 23.2. The third kappa shape index (κ3) is 3.96. The Hall–Kier alpha value is -2.47. The van der Waals surface area contributed by atoms with E-state index in [1.165, 1.54) is 0 Å². The number of rotatable bonds is 5. The van der Waals surface area contributed by atoms with Crippen molar-refractivity contribution < 1.29 is 14.3 Å². The fourth-order valence-corrected chi connectivity index (χ4v) is 3.28. The van der Waals surface area contributed by atoms with E-state index in [2.05, 4.69) is 9.97 Å². The highest BCUT2D eigenvalue weighted by Crippen LogP contribution is 2.32. The summed E-state index contributed by atoms with van der Waals surface area (Å²) in [5.41, 5.74) is 2.76. The number of ether oxygens (including phenoxy) is 2. The van der Waals surface area contributed by atoms with Gasteiger partial charge in [-0.25, -0.2) is 0 Å². The molecule has 1 saturated heterocycles. The molecule has 25 heavy (non-hydrogen) atoms. The summed E-state index contributed by atoms with van der Waals surface area (Å²) in [7, 11) is 3.19. The van der Waals surface area contributed by atoms with Gasteiger partial charge < -0.3 is 14.4 Å². The van der Waals surface area contributed by atoms with E-state index in [0.717, 1.165) is 42.1 Å². The van der Waals surface area contributed by atoms with Gasteiger partial charge in [-0.1, -0.05) is 12.1 Å². The van der Waals surface area contributed by atoms with Crippen LogP contribution in [0.3, 0.4) is 0 Å². The average Bonchev–Trinajstić information content (AvgIpc) is 2.68. The van der Waals surface area contributed by atoms with Crippen molar-refractivity contribution in [1.82, 2.24) is 14.9 Å². The number of carbonyl (C=O) groups excluding carboxylic acids is 1. The van der Waals surface area contributed by atoms with Gasteiger partial charge >= 0.3 is 0 Å². The van der Waals surface area contributed by atoms with E-state index in [1.807, 2.05) is 29.2 Å². The van der Waals surface area contributed by atoms with Gasteiger partial charge in [0.2, 0.25) is 5.91 Å². The van der Waals surface area contributed by atoms with Gasteiger partial charge in [-0.15, -0.1) is 0 Å². The maximum atomic E-state index is 12.2. The molecule has 1 atom stereocenters. The second-order valence-electron chi connectivity index (χ2n) is 6.13. The van der Waals surface area contributed by atoms with E-state index in [4.69, 9.17) is 9.47 Å². The first kappa shape index (κ1) is 17.4. The Morgan fingerprint density at radius 1 is 1.28 bits per heavy atom. The molecular weight excluding hydrogens is 318 g/mol. The molecule has 3 rings (SSSR count). The number of benzene rings is 1. The molecule has 1 aromatic heterocycles. The van der Waals surface area contributed by atoms with Crippen molar-refractivity contribution in [2.45, 2.75) is 18.8 Å². The van der Waals surface area contributed by atoms with Crippen LogP contribution >= 0.6 is 0 Å². The molecule has 1 amide bonds. The summed E-state index contributed by atoms with van der Waals surface area (Å²) in [6.07, 6.45) is 5.37. The zero-order chi connectivity index (χ0) is 17.6. The van der Waals surface area contributed by atoms with Gasteiger partial charge in [0.05, 0.1) is 18.5 Å². The van der Waals surface area contributed by atoms with Gasteiger partial charge in [0.25, 0.3) is 0 Å². The summed E-state index contributed by atoms with van der Waals surface area (Å²) in [6, 6.07) is 7.82. The predicted molar refractivity (Wildman–Crippen MR) is 94.5 cm³/mol. The van der Waals surface area contributed by atoms with Crippen LogP contribution in [-0.4, -0.2) is 54.7 Å². The van der Waals surface area contributed by atoms with Crippen LogP contribution in [0.4, 0.5) is 0 Å². The summed E-state index contributed by atoms with van der Waals surface area (Å²) in [5, 5.41) is 0. The van der Waals surface area contributed by atoms with Crippen LogP contribution in [0.1, 0.15) is 24.5 Å². The molecule has 1 aliphatic rings. The van der Waals surface area contributed by atoms with E-state index in [-0.39, 0.29) is 18.4 Å². The fraction of sp³-hybridized carbons (Fsp3) is 0.421. The lowest BCUT2D eigenvalue weighted by Crippen LogP contribution is -2.41. The summed E-state index contributed by atoms with van der Waals surface area (Å²) < 4.78 is 10.3. The third-order valence-corrected chi connectivity index (χ3v) is 4.50. The number of methoxy groups -OCH3 is 2. The van der Waals surface area contributed by atoms with Gasteiger partial charge in [0, 0.05) is 44.1 Å². The molecule has 6 heteroatoms. The van der Waals surface area contributed by atoms with Crippen LogP contribution in [0.2, 0.25) is 0 Å². The van der Waals surface area contributed by atoms with Crippen molar-refractivity contribution in [3.63, 3.8) is 0 Å². The average molecular weight is 341 g/mol. The van der Waals surface area contributed by atoms with Crippen LogP contribution in [0.25, 0.3) is 11.3 Å². The second-order valence-corrected chi connectivity index (χ2v) is 6.13. The zero-order valence-electron chi connectivity index (χ0n) is 14.6. The summed E-state index contributed by atoms with van der Waals surface area (Å²) in [5.74, 6) is 0.984. The Kier molecular flexibility index (Phi) is 5.60. The number of hydrogen-bond donors (Lipinski definition) is 0. The lowest BCUT2D eigenvalue weighted by Gasteiger charge is -2.33. The molecule has 1 fully saturated rings. The fourth-order valence-electron chi connectivity index (χ4n) is 3.28. The van der Waals surface area contributed by atoms with Crippen molar-refractivity contribution in [1.29, 1.82) is 0 Å². The quantitative estimate of drug-likeness (QED) is 0.836. The number of likely N-dealkylation sites (tertiary alicyclic amines) is 1. The number of aromatic nitrogens is 2. The SMILES string of the molecule is COCC(=O)N1CCCC(c2nccnc2-c2cccc(OC)c2)C1. The smallest absolute Gasteiger partial charge is 0.248 e. The molecule has 0 saturated carbocycles. The van der Waals surface area contributed by atoms with E-state index in [1.54, 1.807) is 26.6 Å². The molecule has 2 heterocycles. The van der Waals surface area contributed by atoms with Gasteiger partial charge in [0.1, 0.15) is 12.4 Å². The van der Waals surface area contributed by atoms with Crippen LogP contribution in [-0.2, 0) is 9.53 Å². The van der Waals surface area contributed by atoms with Crippen molar-refractivity contribution in [2.75, 3.05) is 33.9 Å². The van der Waals surface area contributed by atoms with Gasteiger partial charge in [-0.3, -0.25) is 14.8 Å². The first-order chi connectivity index (χ1) is 12.2. The minimum absolute atomic E-state index is 0.0269. The Bertz CT molecular complexity index is 735. The van der Waals surface area contributed by atoms with Crippen molar-refractivity contribution >= 4 is 5.91 Å². The standard InChI is InChI=1S/C19H23N3O3/c1-24-13-17(23)22-10-4-6-15(12-22)19-18(20-8-9-21-19)14-5-3-7-16(11-14)25-2/h3,5,7-9,11,15H,4,6,10,12-13H2,1-2H3. The molecule has 0 radical (unpaired) electrons. The summed E-state index contributed by atoms with van der Waals surface area (Å²) >= 11 is 0. The Morgan fingerprint density at radius 3 is 2.92 bits per heavy atom. The lowest BCUT2D eigenvalue weighted by molar-refractivity contribution is -0.136. The number of piperidine rings is 1. The first-order valence-corrected chi connectivity index (χ1v) is 8.45. The number of carbonyl (C=O) groups is 1. The summed E-state index contributed by atoms with van der Waals surface area (Å²) in [6.45, 7) is 1.54. The van der Waals surface area contributed by atoms with Crippen molar-refractivity contribution in [3.05, 3.63) is 42.4 Å². The highest BCUT2D eigenvalue weighted by molar-refractivity contribution is 5.77. The molecule has 0 bridgehead atoms. The monoisotopic (exact) mass is 341 g/mol. The van der Waals surface area contributed by atoms with Crippen LogP contribution in [0, 0.1) is 0 Å². The minimum Gasteiger partial charge on any atom is -0.497 e. The van der Waals surface area contributed by atoms with Crippen LogP contribution < -0.4 is 4.74 Å². The zero-order valence-corrected chi connectivity index (χ0v) is 14.6. The topological polar surface area (TPSA) is 64.5 Å². The first-order valence-electron chi connectivity index (χ1n) is 8.45. The Balaban J connectivity index is 1.88. The highest BCUT2D eigenvalue weighted by atomic mass is 16.5. The number of amides is 1. The molecule has 2 aromatic rings. The van der Waals surface area contributed by atoms with Crippen LogP contribution in [0.15, 0.2) is 36.7 Å². The van der Waals surface area contributed by atoms with E-state index in [9.17, 15) is 4.79 Å². The Morgan fingerprint density at radius 2 is 2.12 bits per heavy atom. The Labute approximate surface area is 147 Å². The molecule has 132 valence electrons.